The number of benzene rings is 1. The van der Waals surface area contributed by atoms with E-state index in [-0.39, 0.29) is 10.7 Å². The highest BCUT2D eigenvalue weighted by Crippen LogP contribution is 2.14. The Balaban J connectivity index is 2.07. The van der Waals surface area contributed by atoms with Crippen molar-refractivity contribution in [3.63, 3.8) is 0 Å². The molecule has 18 heavy (non-hydrogen) atoms. The highest BCUT2D eigenvalue weighted by atomic mass is 35.5. The summed E-state index contributed by atoms with van der Waals surface area (Å²) in [5.41, 5.74) is 0.831. The predicted octanol–water partition coefficient (Wildman–Crippen LogP) is 2.80. The van der Waals surface area contributed by atoms with E-state index in [0.717, 1.165) is 5.56 Å². The summed E-state index contributed by atoms with van der Waals surface area (Å²) in [6.07, 6.45) is 1.29. The molecule has 3 nitrogen and oxygen atoms in total. The fourth-order valence-corrected chi connectivity index (χ4v) is 1.63. The third-order valence-corrected chi connectivity index (χ3v) is 2.65. The molecule has 1 N–H and O–H groups in total. The number of amides is 1. The zero-order chi connectivity index (χ0) is 13.0. The van der Waals surface area contributed by atoms with Gasteiger partial charge in [-0.2, -0.15) is 0 Å². The molecule has 5 heteroatoms. The van der Waals surface area contributed by atoms with Crippen molar-refractivity contribution in [2.24, 2.45) is 0 Å². The van der Waals surface area contributed by atoms with Gasteiger partial charge in [-0.1, -0.05) is 41.9 Å². The first-order valence-electron chi connectivity index (χ1n) is 5.30. The van der Waals surface area contributed by atoms with E-state index in [1.807, 2.05) is 30.3 Å². The molecule has 0 spiro atoms. The number of rotatable bonds is 3. The molecule has 0 aliphatic rings. The summed E-state index contributed by atoms with van der Waals surface area (Å²) in [7, 11) is 0. The summed E-state index contributed by atoms with van der Waals surface area (Å²) >= 11 is 5.51. The van der Waals surface area contributed by atoms with E-state index in [2.05, 4.69) is 10.3 Å². The predicted molar refractivity (Wildman–Crippen MR) is 66.8 cm³/mol. The van der Waals surface area contributed by atoms with Crippen molar-refractivity contribution in [1.82, 2.24) is 10.3 Å². The normalized spacial score (nSPS) is 10.1. The monoisotopic (exact) mass is 264 g/mol. The van der Waals surface area contributed by atoms with E-state index in [1.165, 1.54) is 12.3 Å². The molecule has 1 amide bonds. The maximum Gasteiger partial charge on any atom is 0.254 e. The van der Waals surface area contributed by atoms with Crippen LogP contribution in [0.3, 0.4) is 0 Å². The Bertz CT molecular complexity index is 560. The van der Waals surface area contributed by atoms with Crippen molar-refractivity contribution in [2.75, 3.05) is 0 Å². The van der Waals surface area contributed by atoms with Gasteiger partial charge in [0, 0.05) is 12.7 Å². The van der Waals surface area contributed by atoms with E-state index in [0.29, 0.717) is 6.54 Å². The second-order valence-corrected chi connectivity index (χ2v) is 3.99. The van der Waals surface area contributed by atoms with Gasteiger partial charge in [-0.15, -0.1) is 0 Å². The standard InChI is InChI=1S/C13H10ClFN2O/c14-12-11(15)10(6-7-16-12)13(18)17-8-9-4-2-1-3-5-9/h1-7H,8H2,(H,17,18). The van der Waals surface area contributed by atoms with Crippen LogP contribution in [0.1, 0.15) is 15.9 Å². The Kier molecular flexibility index (Phi) is 3.89. The number of hydrogen-bond acceptors (Lipinski definition) is 2. The lowest BCUT2D eigenvalue weighted by atomic mass is 10.2. The highest BCUT2D eigenvalue weighted by Gasteiger charge is 2.14. The molecule has 2 aromatic rings. The van der Waals surface area contributed by atoms with Gasteiger partial charge in [-0.25, -0.2) is 9.37 Å². The van der Waals surface area contributed by atoms with Crippen LogP contribution >= 0.6 is 11.6 Å². The molecule has 0 unspecified atom stereocenters. The van der Waals surface area contributed by atoms with E-state index >= 15 is 0 Å². The maximum atomic E-state index is 13.5. The van der Waals surface area contributed by atoms with Crippen molar-refractivity contribution < 1.29 is 9.18 Å². The second-order valence-electron chi connectivity index (χ2n) is 3.63. The van der Waals surface area contributed by atoms with E-state index in [4.69, 9.17) is 11.6 Å². The smallest absolute Gasteiger partial charge is 0.254 e. The fraction of sp³-hybridized carbons (Fsp3) is 0.0769. The molecule has 0 saturated heterocycles. The van der Waals surface area contributed by atoms with Gasteiger partial charge in [0.2, 0.25) is 0 Å². The first-order valence-corrected chi connectivity index (χ1v) is 5.68. The van der Waals surface area contributed by atoms with E-state index in [1.54, 1.807) is 0 Å². The summed E-state index contributed by atoms with van der Waals surface area (Å²) in [6, 6.07) is 10.7. The zero-order valence-electron chi connectivity index (χ0n) is 9.36. The minimum Gasteiger partial charge on any atom is -0.348 e. The van der Waals surface area contributed by atoms with Crippen LogP contribution in [0.4, 0.5) is 4.39 Å². The highest BCUT2D eigenvalue weighted by molar-refractivity contribution is 6.29. The summed E-state index contributed by atoms with van der Waals surface area (Å²) < 4.78 is 13.5. The van der Waals surface area contributed by atoms with Gasteiger partial charge in [0.05, 0.1) is 5.56 Å². The number of nitrogens with zero attached hydrogens (tertiary/aromatic N) is 1. The van der Waals surface area contributed by atoms with Crippen LogP contribution in [-0.4, -0.2) is 10.9 Å². The first-order chi connectivity index (χ1) is 8.68. The molecule has 0 aliphatic heterocycles. The summed E-state index contributed by atoms with van der Waals surface area (Å²) in [6.45, 7) is 0.332. The van der Waals surface area contributed by atoms with Crippen molar-refractivity contribution >= 4 is 17.5 Å². The van der Waals surface area contributed by atoms with Crippen LogP contribution in [0, 0.1) is 5.82 Å². The average molecular weight is 265 g/mol. The van der Waals surface area contributed by atoms with Gasteiger partial charge in [0.1, 0.15) is 0 Å². The van der Waals surface area contributed by atoms with Crippen molar-refractivity contribution in [3.8, 4) is 0 Å². The minimum absolute atomic E-state index is 0.106. The third-order valence-electron chi connectivity index (χ3n) is 2.39. The lowest BCUT2D eigenvalue weighted by Crippen LogP contribution is -2.24. The summed E-state index contributed by atoms with van der Waals surface area (Å²) in [5.74, 6) is -1.31. The minimum atomic E-state index is -0.801. The molecule has 0 bridgehead atoms. The molecule has 92 valence electrons. The Morgan fingerprint density at radius 1 is 1.28 bits per heavy atom. The molecule has 0 radical (unpaired) electrons. The number of hydrogen-bond donors (Lipinski definition) is 1. The SMILES string of the molecule is O=C(NCc1ccccc1)c1ccnc(Cl)c1F. The molecular weight excluding hydrogens is 255 g/mol. The fourth-order valence-electron chi connectivity index (χ4n) is 1.47. The van der Waals surface area contributed by atoms with Crippen molar-refractivity contribution in [1.29, 1.82) is 0 Å². The topological polar surface area (TPSA) is 42.0 Å². The molecule has 1 aromatic heterocycles. The average Bonchev–Trinajstić information content (AvgIpc) is 2.40. The molecule has 2 rings (SSSR count). The second kappa shape index (κ2) is 5.60. The van der Waals surface area contributed by atoms with Gasteiger partial charge in [0.25, 0.3) is 5.91 Å². The third kappa shape index (κ3) is 2.84. The number of pyridine rings is 1. The molecule has 1 heterocycles. The van der Waals surface area contributed by atoms with Crippen LogP contribution in [0.25, 0.3) is 0 Å². The van der Waals surface area contributed by atoms with E-state index in [9.17, 15) is 9.18 Å². The van der Waals surface area contributed by atoms with Crippen molar-refractivity contribution in [3.05, 3.63) is 64.7 Å². The Labute approximate surface area is 109 Å². The van der Waals surface area contributed by atoms with Gasteiger partial charge in [0.15, 0.2) is 11.0 Å². The lowest BCUT2D eigenvalue weighted by molar-refractivity contribution is 0.0946. The van der Waals surface area contributed by atoms with Crippen LogP contribution in [0.5, 0.6) is 0 Å². The lowest BCUT2D eigenvalue weighted by Gasteiger charge is -2.06. The number of carbonyl (C=O) groups is 1. The molecule has 1 aromatic carbocycles. The van der Waals surface area contributed by atoms with Crippen LogP contribution in [0.2, 0.25) is 5.15 Å². The Morgan fingerprint density at radius 3 is 2.72 bits per heavy atom. The Morgan fingerprint density at radius 2 is 2.00 bits per heavy atom. The molecule has 0 fully saturated rings. The van der Waals surface area contributed by atoms with Gasteiger partial charge in [-0.3, -0.25) is 4.79 Å². The molecule has 0 saturated carbocycles. The zero-order valence-corrected chi connectivity index (χ0v) is 10.1. The molecule has 0 aliphatic carbocycles. The van der Waals surface area contributed by atoms with Gasteiger partial charge < -0.3 is 5.32 Å². The number of aromatic nitrogens is 1. The summed E-state index contributed by atoms with van der Waals surface area (Å²) in [5, 5.41) is 2.31. The largest absolute Gasteiger partial charge is 0.348 e. The van der Waals surface area contributed by atoms with E-state index < -0.39 is 11.7 Å². The van der Waals surface area contributed by atoms with Gasteiger partial charge in [-0.05, 0) is 11.6 Å². The Hall–Kier alpha value is -1.94. The number of halogens is 2. The van der Waals surface area contributed by atoms with Crippen LogP contribution < -0.4 is 5.32 Å². The van der Waals surface area contributed by atoms with Crippen LogP contribution in [0.15, 0.2) is 42.6 Å². The maximum absolute atomic E-state index is 13.5. The van der Waals surface area contributed by atoms with Gasteiger partial charge >= 0.3 is 0 Å². The summed E-state index contributed by atoms with van der Waals surface area (Å²) in [4.78, 5) is 15.3. The molecular formula is C13H10ClFN2O. The van der Waals surface area contributed by atoms with Crippen LogP contribution in [-0.2, 0) is 6.54 Å². The quantitative estimate of drug-likeness (QED) is 0.866. The van der Waals surface area contributed by atoms with Crippen molar-refractivity contribution in [2.45, 2.75) is 6.54 Å². The molecule has 0 atom stereocenters. The number of carbonyl (C=O) groups excluding carboxylic acids is 1. The number of nitrogens with one attached hydrogen (secondary N) is 1. The first kappa shape index (κ1) is 12.5.